The van der Waals surface area contributed by atoms with Crippen molar-refractivity contribution < 1.29 is 14.3 Å². The summed E-state index contributed by atoms with van der Waals surface area (Å²) in [5.41, 5.74) is 8.41. The Morgan fingerprint density at radius 2 is 2.03 bits per heavy atom. The largest absolute Gasteiger partial charge is 0.470 e. The molecule has 0 saturated carbocycles. The number of ether oxygens (including phenoxy) is 2. The number of hydrogen-bond donors (Lipinski definition) is 1. The van der Waals surface area contributed by atoms with Gasteiger partial charge in [-0.25, -0.2) is 0 Å². The number of nitrogens with two attached hydrogens (primary N) is 1. The highest BCUT2D eigenvalue weighted by atomic mass is 16.5. The number of pyridine rings is 1. The van der Waals surface area contributed by atoms with Gasteiger partial charge in [-0.1, -0.05) is 24.3 Å². The van der Waals surface area contributed by atoms with Crippen LogP contribution >= 0.6 is 0 Å². The molecule has 166 valence electrons. The summed E-state index contributed by atoms with van der Waals surface area (Å²) in [6.45, 7) is 0.0978. The minimum atomic E-state index is -0.298. The van der Waals surface area contributed by atoms with E-state index in [1.165, 1.54) is 17.7 Å². The van der Waals surface area contributed by atoms with Crippen LogP contribution in [0.15, 0.2) is 48.7 Å². The standard InChI is InChI=1S/C23H21N7O3/c1-32-14-17(31)11-20(25)22-28-27-21-18-6-2-3-7-19(18)23(29-30(21)22)33-13-16-9-8-15(12-26-16)5-4-10-24/h2-3,6-9,11-12H,4-5,13-14,25H2,1H3. The Hall–Kier alpha value is -4.36. The van der Waals surface area contributed by atoms with Crippen LogP contribution in [-0.2, 0) is 22.6 Å². The van der Waals surface area contributed by atoms with Crippen LogP contribution in [0.25, 0.3) is 22.1 Å². The summed E-state index contributed by atoms with van der Waals surface area (Å²) in [5.74, 6) is 0.281. The maximum absolute atomic E-state index is 11.9. The average molecular weight is 443 g/mol. The number of nitrogens with zero attached hydrogens (tertiary/aromatic N) is 6. The van der Waals surface area contributed by atoms with Crippen molar-refractivity contribution in [1.29, 1.82) is 5.26 Å². The second-order valence-corrected chi connectivity index (χ2v) is 7.21. The molecule has 0 aliphatic heterocycles. The summed E-state index contributed by atoms with van der Waals surface area (Å²) in [7, 11) is 1.43. The van der Waals surface area contributed by atoms with Crippen LogP contribution in [0, 0.1) is 11.3 Å². The van der Waals surface area contributed by atoms with Gasteiger partial charge in [0.15, 0.2) is 11.4 Å². The number of benzene rings is 1. The van der Waals surface area contributed by atoms with E-state index < -0.39 is 0 Å². The molecule has 10 nitrogen and oxygen atoms in total. The first-order chi connectivity index (χ1) is 16.1. The molecule has 10 heteroatoms. The van der Waals surface area contributed by atoms with E-state index in [4.69, 9.17) is 20.5 Å². The third-order valence-corrected chi connectivity index (χ3v) is 4.86. The summed E-state index contributed by atoms with van der Waals surface area (Å²) in [4.78, 5) is 16.3. The van der Waals surface area contributed by atoms with E-state index in [2.05, 4.69) is 26.3 Å². The van der Waals surface area contributed by atoms with Crippen LogP contribution in [-0.4, -0.2) is 44.3 Å². The molecule has 2 N–H and O–H groups in total. The van der Waals surface area contributed by atoms with Crippen molar-refractivity contribution in [1.82, 2.24) is 24.8 Å². The van der Waals surface area contributed by atoms with Crippen molar-refractivity contribution in [2.75, 3.05) is 13.7 Å². The van der Waals surface area contributed by atoms with Gasteiger partial charge < -0.3 is 15.2 Å². The Morgan fingerprint density at radius 1 is 1.21 bits per heavy atom. The summed E-state index contributed by atoms with van der Waals surface area (Å²) in [6, 6.07) is 13.4. The lowest BCUT2D eigenvalue weighted by molar-refractivity contribution is -0.117. The van der Waals surface area contributed by atoms with E-state index in [1.54, 1.807) is 6.20 Å². The van der Waals surface area contributed by atoms with Crippen molar-refractivity contribution in [2.24, 2.45) is 5.73 Å². The lowest BCUT2D eigenvalue weighted by atomic mass is 10.1. The first-order valence-corrected chi connectivity index (χ1v) is 10.2. The zero-order valence-corrected chi connectivity index (χ0v) is 17.9. The smallest absolute Gasteiger partial charge is 0.240 e. The fraction of sp³-hybridized carbons (Fsp3) is 0.217. The molecule has 0 aliphatic carbocycles. The van der Waals surface area contributed by atoms with Gasteiger partial charge in [0.05, 0.1) is 17.5 Å². The number of rotatable bonds is 9. The number of nitriles is 1. The predicted molar refractivity (Wildman–Crippen MR) is 120 cm³/mol. The van der Waals surface area contributed by atoms with Crippen molar-refractivity contribution in [3.05, 3.63) is 65.8 Å². The summed E-state index contributed by atoms with van der Waals surface area (Å²) in [5, 5.41) is 23.1. The molecule has 0 unspecified atom stereocenters. The van der Waals surface area contributed by atoms with Gasteiger partial charge in [0.25, 0.3) is 0 Å². The third-order valence-electron chi connectivity index (χ3n) is 4.86. The molecule has 33 heavy (non-hydrogen) atoms. The molecule has 0 amide bonds. The molecule has 3 heterocycles. The molecule has 4 aromatic rings. The van der Waals surface area contributed by atoms with Crippen LogP contribution in [0.3, 0.4) is 0 Å². The van der Waals surface area contributed by atoms with Crippen LogP contribution in [0.5, 0.6) is 5.88 Å². The molecular formula is C23H21N7O3. The Morgan fingerprint density at radius 3 is 2.76 bits per heavy atom. The minimum Gasteiger partial charge on any atom is -0.470 e. The molecule has 0 saturated heterocycles. The lowest BCUT2D eigenvalue weighted by Crippen LogP contribution is -2.11. The summed E-state index contributed by atoms with van der Waals surface area (Å²) >= 11 is 0. The fourth-order valence-electron chi connectivity index (χ4n) is 3.29. The molecule has 0 fully saturated rings. The number of aryl methyl sites for hydroxylation is 1. The number of aromatic nitrogens is 5. The zero-order valence-electron chi connectivity index (χ0n) is 17.9. The molecule has 0 atom stereocenters. The maximum atomic E-state index is 11.9. The second-order valence-electron chi connectivity index (χ2n) is 7.21. The Labute approximate surface area is 189 Å². The van der Waals surface area contributed by atoms with E-state index in [9.17, 15) is 4.79 Å². The molecule has 0 spiro atoms. The van der Waals surface area contributed by atoms with Gasteiger partial charge in [0, 0.05) is 36.6 Å². The number of carbonyl (C=O) groups excluding carboxylic acids is 1. The number of hydrogen-bond acceptors (Lipinski definition) is 9. The summed E-state index contributed by atoms with van der Waals surface area (Å²) in [6.07, 6.45) is 4.09. The van der Waals surface area contributed by atoms with E-state index in [-0.39, 0.29) is 30.5 Å². The number of fused-ring (bicyclic) bond motifs is 3. The number of carbonyl (C=O) groups is 1. The third kappa shape index (κ3) is 4.78. The van der Waals surface area contributed by atoms with Gasteiger partial charge in [0.1, 0.15) is 13.2 Å². The van der Waals surface area contributed by atoms with E-state index in [1.807, 2.05) is 36.4 Å². The SMILES string of the molecule is COCC(=O)C=C(N)c1nnc2c3ccccc3c(OCc3ccc(CCC#N)cn3)nn12. The van der Waals surface area contributed by atoms with Crippen molar-refractivity contribution in [3.63, 3.8) is 0 Å². The monoisotopic (exact) mass is 443 g/mol. The van der Waals surface area contributed by atoms with Gasteiger partial charge in [-0.05, 0) is 24.1 Å². The molecular weight excluding hydrogens is 422 g/mol. The first kappa shape index (κ1) is 21.9. The Kier molecular flexibility index (Phi) is 6.52. The second kappa shape index (κ2) is 9.84. The van der Waals surface area contributed by atoms with Crippen LogP contribution < -0.4 is 10.5 Å². The van der Waals surface area contributed by atoms with Crippen LogP contribution in [0.1, 0.15) is 23.5 Å². The van der Waals surface area contributed by atoms with E-state index in [0.29, 0.717) is 24.4 Å². The quantitative estimate of drug-likeness (QED) is 0.385. The Balaban J connectivity index is 1.67. The Bertz CT molecular complexity index is 1370. The molecule has 0 bridgehead atoms. The summed E-state index contributed by atoms with van der Waals surface area (Å²) < 4.78 is 12.3. The fourth-order valence-corrected chi connectivity index (χ4v) is 3.29. The van der Waals surface area contributed by atoms with Crippen molar-refractivity contribution >= 4 is 27.9 Å². The predicted octanol–water partition coefficient (Wildman–Crippen LogP) is 2.22. The first-order valence-electron chi connectivity index (χ1n) is 10.2. The van der Waals surface area contributed by atoms with Crippen molar-refractivity contribution in [3.8, 4) is 11.9 Å². The highest BCUT2D eigenvalue weighted by Gasteiger charge is 2.17. The highest BCUT2D eigenvalue weighted by molar-refractivity contribution is 5.98. The molecule has 3 aromatic heterocycles. The number of ketones is 1. The molecule has 0 radical (unpaired) electrons. The minimum absolute atomic E-state index is 0.0928. The average Bonchev–Trinajstić information content (AvgIpc) is 3.26. The van der Waals surface area contributed by atoms with Gasteiger partial charge in [-0.15, -0.1) is 15.3 Å². The van der Waals surface area contributed by atoms with E-state index in [0.717, 1.165) is 22.0 Å². The number of methoxy groups -OCH3 is 1. The maximum Gasteiger partial charge on any atom is 0.240 e. The van der Waals surface area contributed by atoms with Crippen LogP contribution in [0.2, 0.25) is 0 Å². The van der Waals surface area contributed by atoms with E-state index >= 15 is 0 Å². The highest BCUT2D eigenvalue weighted by Crippen LogP contribution is 2.27. The van der Waals surface area contributed by atoms with Gasteiger partial charge >= 0.3 is 0 Å². The lowest BCUT2D eigenvalue weighted by Gasteiger charge is -2.10. The molecule has 0 aliphatic rings. The van der Waals surface area contributed by atoms with Gasteiger partial charge in [0.2, 0.25) is 11.7 Å². The van der Waals surface area contributed by atoms with Crippen LogP contribution in [0.4, 0.5) is 0 Å². The normalized spacial score (nSPS) is 11.6. The van der Waals surface area contributed by atoms with Crippen molar-refractivity contribution in [2.45, 2.75) is 19.4 Å². The topological polar surface area (TPSA) is 141 Å². The van der Waals surface area contributed by atoms with Gasteiger partial charge in [-0.3, -0.25) is 9.78 Å². The molecule has 1 aromatic carbocycles. The molecule has 4 rings (SSSR count). The van der Waals surface area contributed by atoms with Gasteiger partial charge in [-0.2, -0.15) is 9.78 Å². The zero-order chi connectivity index (χ0) is 23.2.